The Labute approximate surface area is 93.5 Å². The van der Waals surface area contributed by atoms with Crippen molar-refractivity contribution in [3.63, 3.8) is 0 Å². The quantitative estimate of drug-likeness (QED) is 0.802. The Balaban J connectivity index is 2.21. The standard InChI is InChI=1S/C12H14O4/c13-7-10(6-12(14)15)8-1-2-11-9(5-8)3-4-16-11/h1-2,5,10,13H,3-4,6-7H2,(H,14,15). The molecule has 0 radical (unpaired) electrons. The highest BCUT2D eigenvalue weighted by Crippen LogP contribution is 2.29. The fraction of sp³-hybridized carbons (Fsp3) is 0.417. The maximum atomic E-state index is 10.6. The average molecular weight is 222 g/mol. The number of ether oxygens (including phenoxy) is 1. The van der Waals surface area contributed by atoms with Crippen LogP contribution in [0.15, 0.2) is 18.2 Å². The number of carboxylic acid groups (broad SMARTS) is 1. The van der Waals surface area contributed by atoms with Crippen LogP contribution in [0.5, 0.6) is 5.75 Å². The Hall–Kier alpha value is -1.55. The SMILES string of the molecule is O=C(O)CC(CO)c1ccc2c(c1)CCO2. The molecule has 1 aromatic rings. The predicted molar refractivity (Wildman–Crippen MR) is 57.7 cm³/mol. The molecule has 0 bridgehead atoms. The number of fused-ring (bicyclic) bond motifs is 1. The highest BCUT2D eigenvalue weighted by molar-refractivity contribution is 5.68. The number of carbonyl (C=O) groups is 1. The number of aliphatic hydroxyl groups excluding tert-OH is 1. The van der Waals surface area contributed by atoms with Gasteiger partial charge in [0.05, 0.1) is 19.6 Å². The van der Waals surface area contributed by atoms with Crippen LogP contribution < -0.4 is 4.74 Å². The van der Waals surface area contributed by atoms with Gasteiger partial charge in [-0.3, -0.25) is 4.79 Å². The van der Waals surface area contributed by atoms with E-state index in [9.17, 15) is 9.90 Å². The van der Waals surface area contributed by atoms with Crippen LogP contribution in [0.4, 0.5) is 0 Å². The normalized spacial score (nSPS) is 15.3. The molecule has 0 aromatic heterocycles. The van der Waals surface area contributed by atoms with Crippen LogP contribution in [-0.4, -0.2) is 29.4 Å². The predicted octanol–water partition coefficient (Wildman–Crippen LogP) is 1.17. The van der Waals surface area contributed by atoms with Crippen molar-refractivity contribution in [1.82, 2.24) is 0 Å². The third-order valence-electron chi connectivity index (χ3n) is 2.83. The van der Waals surface area contributed by atoms with Gasteiger partial charge in [-0.2, -0.15) is 0 Å². The molecule has 86 valence electrons. The molecule has 1 aromatic carbocycles. The zero-order chi connectivity index (χ0) is 11.5. The van der Waals surface area contributed by atoms with E-state index in [1.807, 2.05) is 18.2 Å². The number of aliphatic carboxylic acids is 1. The van der Waals surface area contributed by atoms with Crippen molar-refractivity contribution in [2.45, 2.75) is 18.8 Å². The summed E-state index contributed by atoms with van der Waals surface area (Å²) < 4.78 is 5.37. The molecule has 0 fully saturated rings. The first kappa shape index (κ1) is 11.0. The average Bonchev–Trinajstić information content (AvgIpc) is 2.72. The van der Waals surface area contributed by atoms with Crippen molar-refractivity contribution in [2.24, 2.45) is 0 Å². The molecule has 0 aliphatic carbocycles. The summed E-state index contributed by atoms with van der Waals surface area (Å²) in [7, 11) is 0. The van der Waals surface area contributed by atoms with E-state index in [4.69, 9.17) is 9.84 Å². The van der Waals surface area contributed by atoms with Gasteiger partial charge in [0.2, 0.25) is 0 Å². The minimum Gasteiger partial charge on any atom is -0.493 e. The third-order valence-corrected chi connectivity index (χ3v) is 2.83. The maximum Gasteiger partial charge on any atom is 0.304 e. The second kappa shape index (κ2) is 4.53. The Bertz CT molecular complexity index is 400. The van der Waals surface area contributed by atoms with Gasteiger partial charge in [-0.05, 0) is 17.2 Å². The third kappa shape index (κ3) is 2.17. The second-order valence-corrected chi connectivity index (χ2v) is 3.94. The van der Waals surface area contributed by atoms with Crippen molar-refractivity contribution in [2.75, 3.05) is 13.2 Å². The molecule has 0 saturated heterocycles. The second-order valence-electron chi connectivity index (χ2n) is 3.94. The lowest BCUT2D eigenvalue weighted by molar-refractivity contribution is -0.137. The zero-order valence-electron chi connectivity index (χ0n) is 8.85. The van der Waals surface area contributed by atoms with Crippen LogP contribution in [0.2, 0.25) is 0 Å². The maximum absolute atomic E-state index is 10.6. The van der Waals surface area contributed by atoms with Gasteiger partial charge in [0.1, 0.15) is 5.75 Å². The fourth-order valence-electron chi connectivity index (χ4n) is 1.96. The molecule has 4 heteroatoms. The number of aliphatic hydroxyl groups is 1. The topological polar surface area (TPSA) is 66.8 Å². The number of benzene rings is 1. The first-order valence-electron chi connectivity index (χ1n) is 5.29. The van der Waals surface area contributed by atoms with Gasteiger partial charge in [-0.1, -0.05) is 12.1 Å². The van der Waals surface area contributed by atoms with E-state index in [0.29, 0.717) is 6.61 Å². The first-order chi connectivity index (χ1) is 7.70. The number of carboxylic acids is 1. The zero-order valence-corrected chi connectivity index (χ0v) is 8.85. The molecule has 1 unspecified atom stereocenters. The van der Waals surface area contributed by atoms with Crippen molar-refractivity contribution in [3.05, 3.63) is 29.3 Å². The van der Waals surface area contributed by atoms with E-state index in [-0.39, 0.29) is 18.9 Å². The van der Waals surface area contributed by atoms with Crippen molar-refractivity contribution in [1.29, 1.82) is 0 Å². The molecule has 0 spiro atoms. The summed E-state index contributed by atoms with van der Waals surface area (Å²) in [6, 6.07) is 5.61. The summed E-state index contributed by atoms with van der Waals surface area (Å²) in [5, 5.41) is 17.9. The van der Waals surface area contributed by atoms with Crippen LogP contribution in [0, 0.1) is 0 Å². The van der Waals surface area contributed by atoms with Crippen molar-refractivity contribution < 1.29 is 19.7 Å². The van der Waals surface area contributed by atoms with Gasteiger partial charge in [0.15, 0.2) is 0 Å². The number of hydrogen-bond donors (Lipinski definition) is 2. The number of rotatable bonds is 4. The van der Waals surface area contributed by atoms with E-state index in [2.05, 4.69) is 0 Å². The van der Waals surface area contributed by atoms with E-state index in [0.717, 1.165) is 23.3 Å². The molecule has 2 rings (SSSR count). The first-order valence-corrected chi connectivity index (χ1v) is 5.29. The van der Waals surface area contributed by atoms with Gasteiger partial charge >= 0.3 is 5.97 Å². The van der Waals surface area contributed by atoms with Gasteiger partial charge in [-0.25, -0.2) is 0 Å². The van der Waals surface area contributed by atoms with Gasteiger partial charge in [0, 0.05) is 12.3 Å². The van der Waals surface area contributed by atoms with Crippen molar-refractivity contribution in [3.8, 4) is 5.75 Å². The minimum absolute atomic E-state index is 0.0455. The lowest BCUT2D eigenvalue weighted by atomic mass is 9.94. The van der Waals surface area contributed by atoms with Gasteiger partial charge < -0.3 is 14.9 Å². The molecule has 2 N–H and O–H groups in total. The Kier molecular flexibility index (Phi) is 3.10. The summed E-state index contributed by atoms with van der Waals surface area (Å²) in [6.07, 6.45) is 0.810. The number of hydrogen-bond acceptors (Lipinski definition) is 3. The van der Waals surface area contributed by atoms with Crippen LogP contribution in [0.1, 0.15) is 23.5 Å². The molecular weight excluding hydrogens is 208 g/mol. The molecule has 1 aliphatic rings. The molecular formula is C12H14O4. The molecule has 1 aliphatic heterocycles. The fourth-order valence-corrected chi connectivity index (χ4v) is 1.96. The summed E-state index contributed by atoms with van der Waals surface area (Å²) in [6.45, 7) is 0.535. The lowest BCUT2D eigenvalue weighted by Gasteiger charge is -2.13. The molecule has 1 atom stereocenters. The van der Waals surface area contributed by atoms with Crippen LogP contribution in [0.25, 0.3) is 0 Å². The molecule has 16 heavy (non-hydrogen) atoms. The Morgan fingerprint density at radius 2 is 2.31 bits per heavy atom. The van der Waals surface area contributed by atoms with Crippen LogP contribution >= 0.6 is 0 Å². The highest BCUT2D eigenvalue weighted by atomic mass is 16.5. The van der Waals surface area contributed by atoms with E-state index >= 15 is 0 Å². The minimum atomic E-state index is -0.893. The summed E-state index contributed by atoms with van der Waals surface area (Å²) >= 11 is 0. The van der Waals surface area contributed by atoms with Crippen molar-refractivity contribution >= 4 is 5.97 Å². The lowest BCUT2D eigenvalue weighted by Crippen LogP contribution is -2.10. The smallest absolute Gasteiger partial charge is 0.304 e. The Morgan fingerprint density at radius 1 is 1.50 bits per heavy atom. The van der Waals surface area contributed by atoms with Crippen LogP contribution in [0.3, 0.4) is 0 Å². The molecule has 4 nitrogen and oxygen atoms in total. The van der Waals surface area contributed by atoms with Crippen LogP contribution in [-0.2, 0) is 11.2 Å². The molecule has 1 heterocycles. The molecule has 0 amide bonds. The van der Waals surface area contributed by atoms with Gasteiger partial charge in [0.25, 0.3) is 0 Å². The Morgan fingerprint density at radius 3 is 3.00 bits per heavy atom. The van der Waals surface area contributed by atoms with E-state index in [1.54, 1.807) is 0 Å². The van der Waals surface area contributed by atoms with E-state index in [1.165, 1.54) is 0 Å². The summed E-state index contributed by atoms with van der Waals surface area (Å²) in [5.41, 5.74) is 1.97. The van der Waals surface area contributed by atoms with Gasteiger partial charge in [-0.15, -0.1) is 0 Å². The molecule has 0 saturated carbocycles. The highest BCUT2D eigenvalue weighted by Gasteiger charge is 2.18. The monoisotopic (exact) mass is 222 g/mol. The van der Waals surface area contributed by atoms with E-state index < -0.39 is 5.97 Å². The summed E-state index contributed by atoms with van der Waals surface area (Å²) in [5.74, 6) is -0.352. The largest absolute Gasteiger partial charge is 0.493 e. The summed E-state index contributed by atoms with van der Waals surface area (Å²) in [4.78, 5) is 10.6.